The quantitative estimate of drug-likeness (QED) is 0.891. The first-order chi connectivity index (χ1) is 11.0. The zero-order valence-electron chi connectivity index (χ0n) is 13.1. The average Bonchev–Trinajstić information content (AvgIpc) is 2.56. The Morgan fingerprint density at radius 2 is 1.74 bits per heavy atom. The van der Waals surface area contributed by atoms with Gasteiger partial charge in [0, 0.05) is 13.0 Å². The van der Waals surface area contributed by atoms with Crippen LogP contribution >= 0.6 is 0 Å². The first-order valence-electron chi connectivity index (χ1n) is 7.37. The highest BCUT2D eigenvalue weighted by Gasteiger charge is 2.17. The van der Waals surface area contributed by atoms with Gasteiger partial charge in [0.2, 0.25) is 5.91 Å². The second-order valence-corrected chi connectivity index (χ2v) is 5.35. The highest BCUT2D eigenvalue weighted by Crippen LogP contribution is 2.17. The Bertz CT molecular complexity index is 698. The van der Waals surface area contributed by atoms with E-state index in [0.29, 0.717) is 17.7 Å². The highest BCUT2D eigenvalue weighted by molar-refractivity contribution is 6.04. The fourth-order valence-electron chi connectivity index (χ4n) is 2.25. The molecule has 0 aliphatic heterocycles. The van der Waals surface area contributed by atoms with E-state index >= 15 is 0 Å². The van der Waals surface area contributed by atoms with Gasteiger partial charge in [0.25, 0.3) is 5.91 Å². The molecule has 0 aromatic heterocycles. The molecule has 1 atom stereocenters. The molecule has 0 saturated carbocycles. The van der Waals surface area contributed by atoms with Crippen molar-refractivity contribution in [3.05, 3.63) is 65.5 Å². The molecule has 23 heavy (non-hydrogen) atoms. The van der Waals surface area contributed by atoms with Gasteiger partial charge in [-0.3, -0.25) is 9.59 Å². The van der Waals surface area contributed by atoms with Crippen LogP contribution in [0.3, 0.4) is 0 Å². The predicted octanol–water partition coefficient (Wildman–Crippen LogP) is 3.00. The van der Waals surface area contributed by atoms with Crippen molar-refractivity contribution < 1.29 is 14.0 Å². The highest BCUT2D eigenvalue weighted by atomic mass is 19.1. The number of halogens is 1. The van der Waals surface area contributed by atoms with E-state index in [0.717, 1.165) is 5.56 Å². The third-order valence-corrected chi connectivity index (χ3v) is 3.56. The summed E-state index contributed by atoms with van der Waals surface area (Å²) >= 11 is 0. The van der Waals surface area contributed by atoms with Crippen LogP contribution in [0.15, 0.2) is 48.5 Å². The molecule has 0 aliphatic rings. The van der Waals surface area contributed by atoms with Gasteiger partial charge in [0.1, 0.15) is 5.82 Å². The van der Waals surface area contributed by atoms with Gasteiger partial charge in [0.15, 0.2) is 0 Å². The third kappa shape index (κ3) is 4.39. The average molecular weight is 314 g/mol. The molecule has 2 rings (SSSR count). The van der Waals surface area contributed by atoms with Gasteiger partial charge in [-0.15, -0.1) is 0 Å². The number of para-hydroxylation sites is 1. The van der Waals surface area contributed by atoms with E-state index in [2.05, 4.69) is 10.6 Å². The van der Waals surface area contributed by atoms with Crippen LogP contribution in [0.2, 0.25) is 0 Å². The standard InChI is InChI=1S/C18H19FN2O2/c1-12(11-13-7-9-14(19)10-8-13)17(22)21-16-6-4-3-5-15(16)18(23)20-2/h3-10,12H,11H2,1-2H3,(H,20,23)(H,21,22). The maximum atomic E-state index is 12.9. The first kappa shape index (κ1) is 16.7. The lowest BCUT2D eigenvalue weighted by molar-refractivity contribution is -0.119. The van der Waals surface area contributed by atoms with Crippen LogP contribution in [0.25, 0.3) is 0 Å². The molecule has 0 heterocycles. The monoisotopic (exact) mass is 314 g/mol. The Balaban J connectivity index is 2.06. The first-order valence-corrected chi connectivity index (χ1v) is 7.37. The summed E-state index contributed by atoms with van der Waals surface area (Å²) in [5.74, 6) is -1.05. The van der Waals surface area contributed by atoms with Gasteiger partial charge in [-0.2, -0.15) is 0 Å². The lowest BCUT2D eigenvalue weighted by Gasteiger charge is -2.14. The maximum absolute atomic E-state index is 12.9. The molecule has 2 aromatic carbocycles. The molecule has 0 bridgehead atoms. The molecule has 4 nitrogen and oxygen atoms in total. The fourth-order valence-corrected chi connectivity index (χ4v) is 2.25. The van der Waals surface area contributed by atoms with Crippen LogP contribution in [0, 0.1) is 11.7 Å². The Hall–Kier alpha value is -2.69. The normalized spacial score (nSPS) is 11.6. The van der Waals surface area contributed by atoms with Crippen LogP contribution in [0.4, 0.5) is 10.1 Å². The van der Waals surface area contributed by atoms with Gasteiger partial charge in [-0.05, 0) is 36.2 Å². The van der Waals surface area contributed by atoms with Gasteiger partial charge < -0.3 is 10.6 Å². The van der Waals surface area contributed by atoms with Crippen molar-refractivity contribution in [3.8, 4) is 0 Å². The van der Waals surface area contributed by atoms with Crippen molar-refractivity contribution >= 4 is 17.5 Å². The molecule has 0 spiro atoms. The molecule has 2 amide bonds. The zero-order valence-corrected chi connectivity index (χ0v) is 13.1. The molecule has 5 heteroatoms. The molecular weight excluding hydrogens is 295 g/mol. The van der Waals surface area contributed by atoms with Crippen LogP contribution in [-0.4, -0.2) is 18.9 Å². The molecular formula is C18H19FN2O2. The Labute approximate surface area is 134 Å². The van der Waals surface area contributed by atoms with Crippen molar-refractivity contribution in [2.75, 3.05) is 12.4 Å². The third-order valence-electron chi connectivity index (χ3n) is 3.56. The lowest BCUT2D eigenvalue weighted by Crippen LogP contribution is -2.25. The number of hydrogen-bond acceptors (Lipinski definition) is 2. The van der Waals surface area contributed by atoms with Crippen molar-refractivity contribution in [2.45, 2.75) is 13.3 Å². The summed E-state index contributed by atoms with van der Waals surface area (Å²) < 4.78 is 12.9. The Morgan fingerprint density at radius 1 is 1.09 bits per heavy atom. The van der Waals surface area contributed by atoms with Crippen molar-refractivity contribution in [2.24, 2.45) is 5.92 Å². The molecule has 2 aromatic rings. The van der Waals surface area contributed by atoms with Crippen molar-refractivity contribution in [1.82, 2.24) is 5.32 Å². The number of carbonyl (C=O) groups excluding carboxylic acids is 2. The van der Waals surface area contributed by atoms with Crippen LogP contribution in [0.5, 0.6) is 0 Å². The predicted molar refractivity (Wildman–Crippen MR) is 87.7 cm³/mol. The summed E-state index contributed by atoms with van der Waals surface area (Å²) in [6, 6.07) is 12.9. The SMILES string of the molecule is CNC(=O)c1ccccc1NC(=O)C(C)Cc1ccc(F)cc1. The molecule has 1 unspecified atom stereocenters. The summed E-state index contributed by atoms with van der Waals surface area (Å²) in [5.41, 5.74) is 1.77. The number of rotatable bonds is 5. The largest absolute Gasteiger partial charge is 0.355 e. The van der Waals surface area contributed by atoms with E-state index in [9.17, 15) is 14.0 Å². The number of carbonyl (C=O) groups is 2. The van der Waals surface area contributed by atoms with E-state index in [1.807, 2.05) is 0 Å². The minimum Gasteiger partial charge on any atom is -0.355 e. The Kier molecular flexibility index (Phi) is 5.46. The van der Waals surface area contributed by atoms with Crippen LogP contribution in [-0.2, 0) is 11.2 Å². The number of hydrogen-bond donors (Lipinski definition) is 2. The summed E-state index contributed by atoms with van der Waals surface area (Å²) in [6.07, 6.45) is 0.494. The Morgan fingerprint density at radius 3 is 2.39 bits per heavy atom. The van der Waals surface area contributed by atoms with Crippen LogP contribution < -0.4 is 10.6 Å². The van der Waals surface area contributed by atoms with Gasteiger partial charge >= 0.3 is 0 Å². The second-order valence-electron chi connectivity index (χ2n) is 5.35. The molecule has 0 aliphatic carbocycles. The summed E-state index contributed by atoms with van der Waals surface area (Å²) in [6.45, 7) is 1.79. The fraction of sp³-hybridized carbons (Fsp3) is 0.222. The van der Waals surface area contributed by atoms with Crippen LogP contribution in [0.1, 0.15) is 22.8 Å². The van der Waals surface area contributed by atoms with E-state index in [1.165, 1.54) is 19.2 Å². The van der Waals surface area contributed by atoms with E-state index in [-0.39, 0.29) is 23.5 Å². The van der Waals surface area contributed by atoms with Gasteiger partial charge in [0.05, 0.1) is 11.3 Å². The summed E-state index contributed by atoms with van der Waals surface area (Å²) in [7, 11) is 1.54. The number of anilines is 1. The van der Waals surface area contributed by atoms with Gasteiger partial charge in [-0.25, -0.2) is 4.39 Å². The van der Waals surface area contributed by atoms with Crippen molar-refractivity contribution in [3.63, 3.8) is 0 Å². The number of nitrogens with one attached hydrogen (secondary N) is 2. The number of benzene rings is 2. The molecule has 120 valence electrons. The minimum absolute atomic E-state index is 0.189. The molecule has 2 N–H and O–H groups in total. The van der Waals surface area contributed by atoms with Crippen molar-refractivity contribution in [1.29, 1.82) is 0 Å². The van der Waals surface area contributed by atoms with E-state index in [1.54, 1.807) is 43.3 Å². The molecule has 0 fully saturated rings. The van der Waals surface area contributed by atoms with E-state index < -0.39 is 0 Å². The molecule has 0 saturated heterocycles. The van der Waals surface area contributed by atoms with E-state index in [4.69, 9.17) is 0 Å². The number of amides is 2. The second kappa shape index (κ2) is 7.54. The maximum Gasteiger partial charge on any atom is 0.253 e. The molecule has 0 radical (unpaired) electrons. The zero-order chi connectivity index (χ0) is 16.8. The summed E-state index contributed by atoms with van der Waals surface area (Å²) in [4.78, 5) is 24.1. The summed E-state index contributed by atoms with van der Waals surface area (Å²) in [5, 5.41) is 5.33. The van der Waals surface area contributed by atoms with Gasteiger partial charge in [-0.1, -0.05) is 31.2 Å². The lowest BCUT2D eigenvalue weighted by atomic mass is 10.00. The smallest absolute Gasteiger partial charge is 0.253 e. The topological polar surface area (TPSA) is 58.2 Å². The minimum atomic E-state index is -0.307.